The number of pyridine rings is 1. The number of rotatable bonds is 12. The smallest absolute Gasteiger partial charge is 0.247 e. The molecule has 1 saturated carbocycles. The second kappa shape index (κ2) is 14.4. The van der Waals surface area contributed by atoms with E-state index >= 15 is 0 Å². The summed E-state index contributed by atoms with van der Waals surface area (Å²) in [5.74, 6) is 0.610. The minimum atomic E-state index is -0.797. The van der Waals surface area contributed by atoms with Crippen molar-refractivity contribution in [1.82, 2.24) is 15.2 Å². The van der Waals surface area contributed by atoms with Gasteiger partial charge in [-0.1, -0.05) is 43.5 Å². The average molecular weight is 549 g/mol. The molecular weight excluding hydrogens is 512 g/mol. The number of carbonyl (C=O) groups excluding carboxylic acids is 3. The lowest BCUT2D eigenvalue weighted by Crippen LogP contribution is -2.46. The van der Waals surface area contributed by atoms with Gasteiger partial charge in [-0.2, -0.15) is 0 Å². The number of nitrogens with zero attached hydrogens (tertiary/aromatic N) is 2. The highest BCUT2D eigenvalue weighted by Gasteiger charge is 2.33. The molecule has 0 radical (unpaired) electrons. The Kier molecular flexibility index (Phi) is 10.5. The summed E-state index contributed by atoms with van der Waals surface area (Å²) in [6.07, 6.45) is 7.56. The van der Waals surface area contributed by atoms with E-state index in [4.69, 9.17) is 4.74 Å². The van der Waals surface area contributed by atoms with Crippen molar-refractivity contribution in [3.63, 3.8) is 0 Å². The van der Waals surface area contributed by atoms with Gasteiger partial charge in [-0.25, -0.2) is 4.98 Å². The van der Waals surface area contributed by atoms with Gasteiger partial charge >= 0.3 is 0 Å². The third-order valence-corrected chi connectivity index (χ3v) is 7.76. The fourth-order valence-electron chi connectivity index (χ4n) is 4.87. The van der Waals surface area contributed by atoms with Crippen molar-refractivity contribution in [1.29, 1.82) is 0 Å². The van der Waals surface area contributed by atoms with E-state index in [2.05, 4.69) is 15.6 Å². The van der Waals surface area contributed by atoms with Crippen molar-refractivity contribution in [2.24, 2.45) is 0 Å². The summed E-state index contributed by atoms with van der Waals surface area (Å²) in [6, 6.07) is 15.8. The molecule has 1 fully saturated rings. The third kappa shape index (κ3) is 8.38. The monoisotopic (exact) mass is 548 g/mol. The molecule has 1 atom stereocenters. The SMILES string of the molecule is COc1ccc(C(C(=O)NC2CCCCC2)N(Cc2cccs2)C(=O)CCCC(=O)Nc2ccccn2)cc1. The Balaban J connectivity index is 1.52. The van der Waals surface area contributed by atoms with Crippen molar-refractivity contribution in [2.45, 2.75) is 70.0 Å². The van der Waals surface area contributed by atoms with Crippen molar-refractivity contribution < 1.29 is 19.1 Å². The van der Waals surface area contributed by atoms with Gasteiger partial charge in [0.25, 0.3) is 0 Å². The Labute approximate surface area is 233 Å². The largest absolute Gasteiger partial charge is 0.497 e. The number of thiophene rings is 1. The molecule has 2 aromatic heterocycles. The molecule has 9 heteroatoms. The number of nitrogens with one attached hydrogen (secondary N) is 2. The van der Waals surface area contributed by atoms with Crippen LogP contribution >= 0.6 is 11.3 Å². The topological polar surface area (TPSA) is 101 Å². The van der Waals surface area contributed by atoms with E-state index in [1.54, 1.807) is 47.7 Å². The zero-order chi connectivity index (χ0) is 27.5. The number of aromatic nitrogens is 1. The van der Waals surface area contributed by atoms with Crippen LogP contribution in [0.1, 0.15) is 67.8 Å². The lowest BCUT2D eigenvalue weighted by Gasteiger charge is -2.33. The standard InChI is InChI=1S/C30H36N4O4S/c1-38-24-17-15-22(16-18-24)29(30(37)32-23-9-3-2-4-10-23)34(21-25-11-8-20-39-25)28(36)14-7-13-27(35)33-26-12-5-6-19-31-26/h5-6,8,11-12,15-20,23,29H,2-4,7,9-10,13-14,21H2,1H3,(H,32,37)(H,31,33,35). The Bertz CT molecular complexity index is 1200. The van der Waals surface area contributed by atoms with E-state index in [0.717, 1.165) is 36.1 Å². The Morgan fingerprint density at radius 1 is 1.03 bits per heavy atom. The van der Waals surface area contributed by atoms with Crippen LogP contribution in [0, 0.1) is 0 Å². The molecule has 3 amide bonds. The highest BCUT2D eigenvalue weighted by atomic mass is 32.1. The van der Waals surface area contributed by atoms with Crippen LogP contribution in [0.15, 0.2) is 66.2 Å². The lowest BCUT2D eigenvalue weighted by molar-refractivity contribution is -0.142. The van der Waals surface area contributed by atoms with Crippen molar-refractivity contribution in [2.75, 3.05) is 12.4 Å². The van der Waals surface area contributed by atoms with Crippen molar-refractivity contribution in [3.05, 3.63) is 76.6 Å². The van der Waals surface area contributed by atoms with Crippen LogP contribution < -0.4 is 15.4 Å². The van der Waals surface area contributed by atoms with Crippen LogP contribution in [-0.2, 0) is 20.9 Å². The van der Waals surface area contributed by atoms with E-state index in [9.17, 15) is 14.4 Å². The first-order chi connectivity index (χ1) is 19.0. The minimum Gasteiger partial charge on any atom is -0.497 e. The van der Waals surface area contributed by atoms with Crippen LogP contribution in [0.25, 0.3) is 0 Å². The zero-order valence-electron chi connectivity index (χ0n) is 22.3. The second-order valence-electron chi connectivity index (χ2n) is 9.74. The molecule has 0 aliphatic heterocycles. The third-order valence-electron chi connectivity index (χ3n) is 6.90. The molecule has 2 N–H and O–H groups in total. The van der Waals surface area contributed by atoms with Crippen molar-refractivity contribution in [3.8, 4) is 5.75 Å². The molecule has 2 heterocycles. The van der Waals surface area contributed by atoms with Gasteiger partial charge in [0, 0.05) is 30.0 Å². The predicted octanol–water partition coefficient (Wildman–Crippen LogP) is 5.48. The molecule has 3 aromatic rings. The van der Waals surface area contributed by atoms with Gasteiger partial charge in [-0.05, 0) is 60.5 Å². The zero-order valence-corrected chi connectivity index (χ0v) is 23.1. The fourth-order valence-corrected chi connectivity index (χ4v) is 5.57. The molecule has 1 aliphatic rings. The highest BCUT2D eigenvalue weighted by Crippen LogP contribution is 2.29. The Morgan fingerprint density at radius 3 is 2.49 bits per heavy atom. The summed E-state index contributed by atoms with van der Waals surface area (Å²) < 4.78 is 5.32. The number of methoxy groups -OCH3 is 1. The van der Waals surface area contributed by atoms with E-state index in [0.29, 0.717) is 24.5 Å². The maximum atomic E-state index is 13.8. The summed E-state index contributed by atoms with van der Waals surface area (Å²) >= 11 is 1.55. The first kappa shape index (κ1) is 28.3. The van der Waals surface area contributed by atoms with E-state index in [1.165, 1.54) is 6.42 Å². The molecule has 0 bridgehead atoms. The first-order valence-corrected chi connectivity index (χ1v) is 14.4. The summed E-state index contributed by atoms with van der Waals surface area (Å²) in [7, 11) is 1.60. The number of hydrogen-bond acceptors (Lipinski definition) is 6. The number of ether oxygens (including phenoxy) is 1. The van der Waals surface area contributed by atoms with Crippen LogP contribution in [0.4, 0.5) is 5.82 Å². The number of amides is 3. The van der Waals surface area contributed by atoms with Gasteiger partial charge in [0.05, 0.1) is 13.7 Å². The van der Waals surface area contributed by atoms with Crippen LogP contribution in [0.3, 0.4) is 0 Å². The van der Waals surface area contributed by atoms with Gasteiger partial charge < -0.3 is 20.3 Å². The van der Waals surface area contributed by atoms with E-state index in [1.807, 2.05) is 41.8 Å². The molecule has 1 unspecified atom stereocenters. The molecular formula is C30H36N4O4S. The summed E-state index contributed by atoms with van der Waals surface area (Å²) in [6.45, 7) is 0.311. The molecule has 1 aliphatic carbocycles. The van der Waals surface area contributed by atoms with Crippen LogP contribution in [0.2, 0.25) is 0 Å². The molecule has 39 heavy (non-hydrogen) atoms. The van der Waals surface area contributed by atoms with Crippen LogP contribution in [0.5, 0.6) is 5.75 Å². The van der Waals surface area contributed by atoms with Gasteiger partial charge in [-0.15, -0.1) is 11.3 Å². The second-order valence-corrected chi connectivity index (χ2v) is 10.8. The average Bonchev–Trinajstić information content (AvgIpc) is 3.47. The molecule has 206 valence electrons. The normalized spacial score (nSPS) is 14.3. The van der Waals surface area contributed by atoms with Crippen LogP contribution in [-0.4, -0.2) is 40.8 Å². The molecule has 0 spiro atoms. The van der Waals surface area contributed by atoms with Gasteiger partial charge in [-0.3, -0.25) is 14.4 Å². The van der Waals surface area contributed by atoms with Gasteiger partial charge in [0.2, 0.25) is 17.7 Å². The lowest BCUT2D eigenvalue weighted by atomic mass is 9.94. The summed E-state index contributed by atoms with van der Waals surface area (Å²) in [5, 5.41) is 7.95. The highest BCUT2D eigenvalue weighted by molar-refractivity contribution is 7.09. The number of benzene rings is 1. The number of anilines is 1. The first-order valence-electron chi connectivity index (χ1n) is 13.5. The van der Waals surface area contributed by atoms with Gasteiger partial charge in [0.15, 0.2) is 0 Å². The Morgan fingerprint density at radius 2 is 1.82 bits per heavy atom. The van der Waals surface area contributed by atoms with Gasteiger partial charge in [0.1, 0.15) is 17.6 Å². The minimum absolute atomic E-state index is 0.112. The maximum absolute atomic E-state index is 13.8. The molecule has 8 nitrogen and oxygen atoms in total. The molecule has 1 aromatic carbocycles. The maximum Gasteiger partial charge on any atom is 0.247 e. The molecule has 4 rings (SSSR count). The quantitative estimate of drug-likeness (QED) is 0.312. The molecule has 0 saturated heterocycles. The van der Waals surface area contributed by atoms with E-state index in [-0.39, 0.29) is 36.6 Å². The van der Waals surface area contributed by atoms with E-state index < -0.39 is 6.04 Å². The summed E-state index contributed by atoms with van der Waals surface area (Å²) in [5.41, 5.74) is 0.724. The number of hydrogen-bond donors (Lipinski definition) is 2. The Hall–Kier alpha value is -3.72. The van der Waals surface area contributed by atoms with Crippen molar-refractivity contribution >= 4 is 34.9 Å². The number of carbonyl (C=O) groups is 3. The summed E-state index contributed by atoms with van der Waals surface area (Å²) in [4.78, 5) is 46.7. The fraction of sp³-hybridized carbons (Fsp3) is 0.400. The predicted molar refractivity (Wildman–Crippen MR) is 152 cm³/mol.